The molecule has 1 heterocycles. The monoisotopic (exact) mass is 291 g/mol. The molecule has 0 aliphatic rings. The summed E-state index contributed by atoms with van der Waals surface area (Å²) in [6, 6.07) is -0.533. The second-order valence-corrected chi connectivity index (χ2v) is 6.62. The zero-order chi connectivity index (χ0) is 13.2. The highest BCUT2D eigenvalue weighted by atomic mass is 35.5. The van der Waals surface area contributed by atoms with Crippen molar-refractivity contribution < 1.29 is 4.79 Å². The summed E-state index contributed by atoms with van der Waals surface area (Å²) < 4.78 is 0. The van der Waals surface area contributed by atoms with Gasteiger partial charge >= 0.3 is 0 Å². The number of halogens is 1. The molecule has 4 nitrogen and oxygen atoms in total. The molecule has 1 amide bonds. The second kappa shape index (κ2) is 6.50. The first-order valence-electron chi connectivity index (χ1n) is 5.74. The minimum Gasteiger partial charge on any atom is -0.319 e. The number of hydrogen-bond acceptors (Lipinski definition) is 4. The van der Waals surface area contributed by atoms with E-state index in [1.807, 2.05) is 20.8 Å². The maximum atomic E-state index is 11.9. The van der Waals surface area contributed by atoms with Crippen molar-refractivity contribution in [1.82, 2.24) is 4.98 Å². The topological polar surface area (TPSA) is 68.0 Å². The van der Waals surface area contributed by atoms with Crippen molar-refractivity contribution in [3.8, 4) is 0 Å². The fourth-order valence-electron chi connectivity index (χ4n) is 1.19. The molecule has 1 rings (SSSR count). The minimum absolute atomic E-state index is 0. The number of nitrogens with one attached hydrogen (secondary N) is 1. The van der Waals surface area contributed by atoms with Crippen molar-refractivity contribution in [1.29, 1.82) is 0 Å². The van der Waals surface area contributed by atoms with Crippen LogP contribution in [0.15, 0.2) is 6.20 Å². The highest BCUT2D eigenvalue weighted by Gasteiger charge is 2.27. The van der Waals surface area contributed by atoms with Crippen LogP contribution < -0.4 is 11.1 Å². The zero-order valence-electron chi connectivity index (χ0n) is 11.5. The Labute approximate surface area is 119 Å². The number of nitrogens with zero attached hydrogens (tertiary/aromatic N) is 1. The Bertz CT molecular complexity index is 398. The van der Waals surface area contributed by atoms with Crippen LogP contribution >= 0.6 is 23.7 Å². The lowest BCUT2D eigenvalue weighted by molar-refractivity contribution is -0.119. The summed E-state index contributed by atoms with van der Waals surface area (Å²) in [5.41, 5.74) is 5.63. The Morgan fingerprint density at radius 1 is 1.44 bits per heavy atom. The molecule has 0 saturated carbocycles. The van der Waals surface area contributed by atoms with Crippen LogP contribution in [0.1, 0.15) is 45.4 Å². The maximum absolute atomic E-state index is 11.9. The lowest BCUT2D eigenvalue weighted by Crippen LogP contribution is -2.45. The second-order valence-electron chi connectivity index (χ2n) is 5.56. The molecule has 1 aromatic heterocycles. The van der Waals surface area contributed by atoms with E-state index in [1.54, 1.807) is 6.20 Å². The van der Waals surface area contributed by atoms with Gasteiger partial charge in [0.25, 0.3) is 0 Å². The summed E-state index contributed by atoms with van der Waals surface area (Å²) in [6.07, 6.45) is 1.80. The van der Waals surface area contributed by atoms with Crippen LogP contribution in [-0.2, 0) is 4.79 Å². The maximum Gasteiger partial charge on any atom is 0.243 e. The predicted octanol–water partition coefficient (Wildman–Crippen LogP) is 3.00. The van der Waals surface area contributed by atoms with Crippen molar-refractivity contribution in [3.05, 3.63) is 11.1 Å². The molecule has 0 unspecified atom stereocenters. The molecular weight excluding hydrogens is 270 g/mol. The first kappa shape index (κ1) is 17.4. The molecule has 6 heteroatoms. The third-order valence-electron chi connectivity index (χ3n) is 2.54. The van der Waals surface area contributed by atoms with Gasteiger partial charge in [0.1, 0.15) is 0 Å². The van der Waals surface area contributed by atoms with Gasteiger partial charge in [-0.15, -0.1) is 23.7 Å². The SMILES string of the molecule is CC(C)c1cnc(NC(=O)[C@@H](N)C(C)(C)C)s1.Cl. The van der Waals surface area contributed by atoms with Crippen molar-refractivity contribution in [2.75, 3.05) is 5.32 Å². The molecule has 1 aromatic rings. The van der Waals surface area contributed by atoms with Gasteiger partial charge in [-0.25, -0.2) is 4.98 Å². The smallest absolute Gasteiger partial charge is 0.243 e. The molecule has 0 saturated heterocycles. The molecule has 1 atom stereocenters. The van der Waals surface area contributed by atoms with Gasteiger partial charge in [-0.3, -0.25) is 4.79 Å². The van der Waals surface area contributed by atoms with E-state index in [4.69, 9.17) is 5.73 Å². The number of carbonyl (C=O) groups excluding carboxylic acids is 1. The fraction of sp³-hybridized carbons (Fsp3) is 0.667. The molecule has 18 heavy (non-hydrogen) atoms. The van der Waals surface area contributed by atoms with Gasteiger partial charge < -0.3 is 11.1 Å². The van der Waals surface area contributed by atoms with E-state index in [0.29, 0.717) is 11.0 Å². The third-order valence-corrected chi connectivity index (χ3v) is 3.75. The first-order valence-corrected chi connectivity index (χ1v) is 6.55. The summed E-state index contributed by atoms with van der Waals surface area (Å²) in [4.78, 5) is 17.2. The van der Waals surface area contributed by atoms with E-state index in [-0.39, 0.29) is 23.7 Å². The van der Waals surface area contributed by atoms with Crippen molar-refractivity contribution in [3.63, 3.8) is 0 Å². The van der Waals surface area contributed by atoms with Gasteiger partial charge in [-0.05, 0) is 11.3 Å². The number of nitrogens with two attached hydrogens (primary N) is 1. The van der Waals surface area contributed by atoms with Crippen molar-refractivity contribution in [2.24, 2.45) is 11.1 Å². The van der Waals surface area contributed by atoms with Crippen LogP contribution in [-0.4, -0.2) is 16.9 Å². The van der Waals surface area contributed by atoms with Gasteiger partial charge in [0.05, 0.1) is 6.04 Å². The molecule has 104 valence electrons. The number of hydrogen-bond donors (Lipinski definition) is 2. The zero-order valence-corrected chi connectivity index (χ0v) is 13.1. The van der Waals surface area contributed by atoms with Crippen LogP contribution in [0, 0.1) is 5.41 Å². The van der Waals surface area contributed by atoms with Gasteiger partial charge in [-0.2, -0.15) is 0 Å². The van der Waals surface area contributed by atoms with E-state index >= 15 is 0 Å². The molecule has 0 fully saturated rings. The normalized spacial score (nSPS) is 13.1. The molecule has 0 aliphatic heterocycles. The van der Waals surface area contributed by atoms with E-state index in [9.17, 15) is 4.79 Å². The number of amides is 1. The highest BCUT2D eigenvalue weighted by molar-refractivity contribution is 7.15. The van der Waals surface area contributed by atoms with Crippen LogP contribution in [0.4, 0.5) is 5.13 Å². The number of anilines is 1. The van der Waals surface area contributed by atoms with Gasteiger partial charge in [-0.1, -0.05) is 34.6 Å². The van der Waals surface area contributed by atoms with E-state index < -0.39 is 6.04 Å². The quantitative estimate of drug-likeness (QED) is 0.899. The van der Waals surface area contributed by atoms with Gasteiger partial charge in [0.15, 0.2) is 5.13 Å². The van der Waals surface area contributed by atoms with Crippen LogP contribution in [0.2, 0.25) is 0 Å². The van der Waals surface area contributed by atoms with Crippen molar-refractivity contribution in [2.45, 2.75) is 46.6 Å². The Kier molecular flexibility index (Phi) is 6.26. The average molecular weight is 292 g/mol. The van der Waals surface area contributed by atoms with E-state index in [0.717, 1.165) is 4.88 Å². The summed E-state index contributed by atoms with van der Waals surface area (Å²) >= 11 is 1.50. The third kappa shape index (κ3) is 4.55. The number of aromatic nitrogens is 1. The first-order chi connectivity index (χ1) is 7.71. The number of carbonyl (C=O) groups is 1. The lowest BCUT2D eigenvalue weighted by atomic mass is 9.87. The van der Waals surface area contributed by atoms with E-state index in [1.165, 1.54) is 11.3 Å². The molecule has 0 aromatic carbocycles. The Morgan fingerprint density at radius 2 is 2.00 bits per heavy atom. The Morgan fingerprint density at radius 3 is 2.39 bits per heavy atom. The van der Waals surface area contributed by atoms with Crippen LogP contribution in [0.25, 0.3) is 0 Å². The summed E-state index contributed by atoms with van der Waals surface area (Å²) in [6.45, 7) is 10.0. The Balaban J connectivity index is 0.00000289. The average Bonchev–Trinajstić information content (AvgIpc) is 2.63. The summed E-state index contributed by atoms with van der Waals surface area (Å²) in [5, 5.41) is 3.39. The number of thiazole rings is 1. The van der Waals surface area contributed by atoms with Crippen LogP contribution in [0.3, 0.4) is 0 Å². The highest BCUT2D eigenvalue weighted by Crippen LogP contribution is 2.26. The minimum atomic E-state index is -0.533. The van der Waals surface area contributed by atoms with Gasteiger partial charge in [0, 0.05) is 11.1 Å². The standard InChI is InChI=1S/C12H21N3OS.ClH/c1-7(2)8-6-14-11(17-8)15-10(16)9(13)12(3,4)5;/h6-7,9H,13H2,1-5H3,(H,14,15,16);1H/t9-;/m1./s1. The lowest BCUT2D eigenvalue weighted by Gasteiger charge is -2.25. The summed E-state index contributed by atoms with van der Waals surface area (Å²) in [5.74, 6) is 0.247. The Hall–Kier alpha value is -0.650. The largest absolute Gasteiger partial charge is 0.319 e. The molecule has 3 N–H and O–H groups in total. The summed E-state index contributed by atoms with van der Waals surface area (Å²) in [7, 11) is 0. The molecule has 0 radical (unpaired) electrons. The fourth-order valence-corrected chi connectivity index (χ4v) is 2.01. The molecule has 0 aliphatic carbocycles. The molecule has 0 spiro atoms. The van der Waals surface area contributed by atoms with E-state index in [2.05, 4.69) is 24.1 Å². The molecule has 0 bridgehead atoms. The van der Waals surface area contributed by atoms with Crippen molar-refractivity contribution >= 4 is 34.8 Å². The number of rotatable bonds is 3. The van der Waals surface area contributed by atoms with Gasteiger partial charge in [0.2, 0.25) is 5.91 Å². The predicted molar refractivity (Wildman–Crippen MR) is 79.5 cm³/mol. The van der Waals surface area contributed by atoms with Crippen LogP contribution in [0.5, 0.6) is 0 Å². The molecular formula is C12H22ClN3OS.